The van der Waals surface area contributed by atoms with Crippen molar-refractivity contribution in [3.8, 4) is 17.8 Å². The summed E-state index contributed by atoms with van der Waals surface area (Å²) in [4.78, 5) is 6.55. The number of nitrogens with zero attached hydrogens (tertiary/aromatic N) is 5. The van der Waals surface area contributed by atoms with Crippen molar-refractivity contribution >= 4 is 0 Å². The predicted octanol–water partition coefficient (Wildman–Crippen LogP) is 2.40. The molecule has 0 atom stereocenters. The lowest BCUT2D eigenvalue weighted by Crippen LogP contribution is -2.29. The second-order valence-corrected chi connectivity index (χ2v) is 6.12. The molecule has 3 aromatic rings. The Hall–Kier alpha value is -3.17. The van der Waals surface area contributed by atoms with Crippen molar-refractivity contribution in [3.05, 3.63) is 71.0 Å². The molecule has 0 fully saturated rings. The van der Waals surface area contributed by atoms with E-state index in [-0.39, 0.29) is 5.88 Å². The molecule has 1 aromatic carbocycles. The van der Waals surface area contributed by atoms with Gasteiger partial charge < -0.3 is 5.11 Å². The lowest BCUT2D eigenvalue weighted by atomic mass is 10.1. The van der Waals surface area contributed by atoms with E-state index < -0.39 is 0 Å². The summed E-state index contributed by atoms with van der Waals surface area (Å²) >= 11 is 0. The van der Waals surface area contributed by atoms with Crippen LogP contribution >= 0.6 is 0 Å². The van der Waals surface area contributed by atoms with Crippen molar-refractivity contribution in [2.45, 2.75) is 19.5 Å². The SMILES string of the molecule is N#Cc1ccc(CN2CCc3c(nn(-c4ccccn4)c3O)C2)cc1. The van der Waals surface area contributed by atoms with E-state index in [1.54, 1.807) is 6.20 Å². The number of rotatable bonds is 3. The molecule has 25 heavy (non-hydrogen) atoms. The number of hydrogen-bond donors (Lipinski definition) is 1. The van der Waals surface area contributed by atoms with Crippen LogP contribution in [-0.2, 0) is 19.5 Å². The molecule has 6 heteroatoms. The molecule has 124 valence electrons. The number of hydrogen-bond acceptors (Lipinski definition) is 5. The largest absolute Gasteiger partial charge is 0.493 e. The van der Waals surface area contributed by atoms with Crippen molar-refractivity contribution in [2.24, 2.45) is 0 Å². The second kappa shape index (κ2) is 6.38. The van der Waals surface area contributed by atoms with Crippen molar-refractivity contribution in [3.63, 3.8) is 0 Å². The summed E-state index contributed by atoms with van der Waals surface area (Å²) in [6.07, 6.45) is 2.44. The van der Waals surface area contributed by atoms with Crippen LogP contribution in [0.1, 0.15) is 22.4 Å². The van der Waals surface area contributed by atoms with Gasteiger partial charge in [-0.15, -0.1) is 0 Å². The number of benzene rings is 1. The van der Waals surface area contributed by atoms with Gasteiger partial charge in [0.1, 0.15) is 0 Å². The summed E-state index contributed by atoms with van der Waals surface area (Å²) in [7, 11) is 0. The van der Waals surface area contributed by atoms with E-state index in [1.807, 2.05) is 42.5 Å². The fourth-order valence-electron chi connectivity index (χ4n) is 3.15. The number of aromatic nitrogens is 3. The van der Waals surface area contributed by atoms with Crippen LogP contribution in [0.25, 0.3) is 5.82 Å². The van der Waals surface area contributed by atoms with Gasteiger partial charge >= 0.3 is 0 Å². The molecule has 3 heterocycles. The van der Waals surface area contributed by atoms with Gasteiger partial charge in [0.05, 0.1) is 17.3 Å². The van der Waals surface area contributed by atoms with Crippen LogP contribution in [-0.4, -0.2) is 31.3 Å². The second-order valence-electron chi connectivity index (χ2n) is 6.12. The number of aromatic hydroxyl groups is 1. The van der Waals surface area contributed by atoms with E-state index >= 15 is 0 Å². The molecule has 1 aliphatic rings. The molecule has 0 saturated heterocycles. The Bertz CT molecular complexity index is 925. The van der Waals surface area contributed by atoms with Gasteiger partial charge in [0.15, 0.2) is 5.82 Å². The maximum atomic E-state index is 10.5. The third kappa shape index (κ3) is 2.97. The van der Waals surface area contributed by atoms with E-state index in [0.29, 0.717) is 17.9 Å². The summed E-state index contributed by atoms with van der Waals surface area (Å²) in [5.74, 6) is 0.805. The van der Waals surface area contributed by atoms with Crippen molar-refractivity contribution in [1.29, 1.82) is 5.26 Å². The Kier molecular flexibility index (Phi) is 3.92. The van der Waals surface area contributed by atoms with Crippen molar-refractivity contribution in [1.82, 2.24) is 19.7 Å². The van der Waals surface area contributed by atoms with Gasteiger partial charge in [0.25, 0.3) is 0 Å². The topological polar surface area (TPSA) is 78.0 Å². The van der Waals surface area contributed by atoms with Gasteiger partial charge in [-0.25, -0.2) is 4.98 Å². The summed E-state index contributed by atoms with van der Waals surface area (Å²) in [5.41, 5.74) is 3.63. The number of fused-ring (bicyclic) bond motifs is 1. The minimum atomic E-state index is 0.187. The molecule has 0 bridgehead atoms. The zero-order chi connectivity index (χ0) is 17.2. The quantitative estimate of drug-likeness (QED) is 0.797. The van der Waals surface area contributed by atoms with Gasteiger partial charge in [-0.3, -0.25) is 4.90 Å². The van der Waals surface area contributed by atoms with Gasteiger partial charge in [-0.05, 0) is 36.2 Å². The minimum Gasteiger partial charge on any atom is -0.493 e. The molecular formula is C19H17N5O. The highest BCUT2D eigenvalue weighted by molar-refractivity contribution is 5.38. The van der Waals surface area contributed by atoms with Gasteiger partial charge in [0.2, 0.25) is 5.88 Å². The maximum Gasteiger partial charge on any atom is 0.219 e. The van der Waals surface area contributed by atoms with Crippen LogP contribution < -0.4 is 0 Å². The smallest absolute Gasteiger partial charge is 0.219 e. The molecule has 2 aromatic heterocycles. The average molecular weight is 331 g/mol. The molecule has 0 spiro atoms. The molecule has 1 N–H and O–H groups in total. The lowest BCUT2D eigenvalue weighted by Gasteiger charge is -2.25. The van der Waals surface area contributed by atoms with Crippen LogP contribution in [0.3, 0.4) is 0 Å². The van der Waals surface area contributed by atoms with E-state index in [4.69, 9.17) is 5.26 Å². The molecule has 0 aliphatic carbocycles. The van der Waals surface area contributed by atoms with E-state index in [9.17, 15) is 5.11 Å². The molecule has 1 aliphatic heterocycles. The number of nitriles is 1. The van der Waals surface area contributed by atoms with E-state index in [0.717, 1.165) is 36.3 Å². The molecule has 4 rings (SSSR count). The normalized spacial score (nSPS) is 14.0. The van der Waals surface area contributed by atoms with Crippen LogP contribution in [0.2, 0.25) is 0 Å². The van der Waals surface area contributed by atoms with Crippen molar-refractivity contribution in [2.75, 3.05) is 6.54 Å². The predicted molar refractivity (Wildman–Crippen MR) is 92.0 cm³/mol. The van der Waals surface area contributed by atoms with Gasteiger partial charge in [0, 0.05) is 31.4 Å². The van der Waals surface area contributed by atoms with Crippen LogP contribution in [0.4, 0.5) is 0 Å². The highest BCUT2D eigenvalue weighted by Gasteiger charge is 2.25. The Morgan fingerprint density at radius 3 is 2.72 bits per heavy atom. The zero-order valence-corrected chi connectivity index (χ0v) is 13.6. The first-order valence-corrected chi connectivity index (χ1v) is 8.17. The summed E-state index contributed by atoms with van der Waals surface area (Å²) in [5, 5.41) is 23.9. The summed E-state index contributed by atoms with van der Waals surface area (Å²) < 4.78 is 1.51. The first kappa shape index (κ1) is 15.4. The first-order valence-electron chi connectivity index (χ1n) is 8.17. The Morgan fingerprint density at radius 1 is 1.16 bits per heavy atom. The van der Waals surface area contributed by atoms with E-state index in [2.05, 4.69) is 21.1 Å². The van der Waals surface area contributed by atoms with E-state index in [1.165, 1.54) is 4.68 Å². The highest BCUT2D eigenvalue weighted by Crippen LogP contribution is 2.29. The monoisotopic (exact) mass is 331 g/mol. The third-order valence-electron chi connectivity index (χ3n) is 4.45. The van der Waals surface area contributed by atoms with Gasteiger partial charge in [-0.1, -0.05) is 18.2 Å². The maximum absolute atomic E-state index is 10.5. The fourth-order valence-corrected chi connectivity index (χ4v) is 3.15. The Morgan fingerprint density at radius 2 is 2.00 bits per heavy atom. The van der Waals surface area contributed by atoms with Gasteiger partial charge in [-0.2, -0.15) is 15.0 Å². The van der Waals surface area contributed by atoms with Crippen LogP contribution in [0.5, 0.6) is 5.88 Å². The standard InChI is InChI=1S/C19H17N5O/c20-11-14-4-6-15(7-5-14)12-23-10-8-16-17(13-23)22-24(19(16)25)18-3-1-2-9-21-18/h1-7,9,25H,8,10,12-13H2. The average Bonchev–Trinajstić information content (AvgIpc) is 2.99. The third-order valence-corrected chi connectivity index (χ3v) is 4.45. The molecule has 0 saturated carbocycles. The summed E-state index contributed by atoms with van der Waals surface area (Å²) in [6, 6.07) is 15.3. The molecule has 6 nitrogen and oxygen atoms in total. The fraction of sp³-hybridized carbons (Fsp3) is 0.211. The molecular weight excluding hydrogens is 314 g/mol. The Balaban J connectivity index is 1.54. The van der Waals surface area contributed by atoms with Crippen LogP contribution in [0.15, 0.2) is 48.7 Å². The van der Waals surface area contributed by atoms with Crippen LogP contribution in [0, 0.1) is 11.3 Å². The lowest BCUT2D eigenvalue weighted by molar-refractivity contribution is 0.241. The van der Waals surface area contributed by atoms with Crippen molar-refractivity contribution < 1.29 is 5.11 Å². The minimum absolute atomic E-state index is 0.187. The highest BCUT2D eigenvalue weighted by atomic mass is 16.3. The molecule has 0 amide bonds. The Labute approximate surface area is 145 Å². The molecule has 0 unspecified atom stereocenters. The zero-order valence-electron chi connectivity index (χ0n) is 13.6. The molecule has 0 radical (unpaired) electrons. The first-order chi connectivity index (χ1) is 12.2. The number of pyridine rings is 1. The summed E-state index contributed by atoms with van der Waals surface area (Å²) in [6.45, 7) is 2.33.